The molecule has 0 aromatic heterocycles. The average Bonchev–Trinajstić information content (AvgIpc) is 2.60. The van der Waals surface area contributed by atoms with Gasteiger partial charge >= 0.3 is 12.1 Å². The van der Waals surface area contributed by atoms with E-state index >= 15 is 0 Å². The first-order valence-corrected chi connectivity index (χ1v) is 8.80. The van der Waals surface area contributed by atoms with E-state index in [0.717, 1.165) is 12.7 Å². The van der Waals surface area contributed by atoms with Crippen LogP contribution in [0.25, 0.3) is 0 Å². The van der Waals surface area contributed by atoms with Gasteiger partial charge in [0.2, 0.25) is 5.54 Å². The maximum absolute atomic E-state index is 13.9. The lowest BCUT2D eigenvalue weighted by Crippen LogP contribution is -2.64. The molecule has 4 nitrogen and oxygen atoms in total. The van der Waals surface area contributed by atoms with E-state index in [-0.39, 0.29) is 10.5 Å². The predicted octanol–water partition coefficient (Wildman–Crippen LogP) is 3.32. The van der Waals surface area contributed by atoms with Crippen molar-refractivity contribution >= 4 is 17.0 Å². The zero-order valence-corrected chi connectivity index (χ0v) is 15.0. The first-order valence-electron chi connectivity index (χ1n) is 7.65. The van der Waals surface area contributed by atoms with E-state index in [2.05, 4.69) is 4.74 Å². The van der Waals surface area contributed by atoms with E-state index in [4.69, 9.17) is 0 Å². The number of hydrogen-bond donors (Lipinski definition) is 1. The third-order valence-corrected chi connectivity index (χ3v) is 5.07. The van der Waals surface area contributed by atoms with Crippen molar-refractivity contribution in [3.05, 3.63) is 65.7 Å². The molecule has 2 aromatic carbocycles. The fraction of sp³-hybridized carbons (Fsp3) is 0.278. The Labute approximate surface area is 152 Å². The highest BCUT2D eigenvalue weighted by atomic mass is 32.2. The van der Waals surface area contributed by atoms with Crippen LogP contribution < -0.4 is 4.72 Å². The van der Waals surface area contributed by atoms with Crippen molar-refractivity contribution in [3.8, 4) is 0 Å². The van der Waals surface area contributed by atoms with Crippen molar-refractivity contribution < 1.29 is 26.9 Å². The summed E-state index contributed by atoms with van der Waals surface area (Å²) in [7, 11) is -1.41. The zero-order valence-electron chi connectivity index (χ0n) is 14.2. The van der Waals surface area contributed by atoms with E-state index in [0.29, 0.717) is 0 Å². The van der Waals surface area contributed by atoms with Crippen LogP contribution in [0.1, 0.15) is 11.1 Å². The number of ether oxygens (including phenoxy) is 1. The van der Waals surface area contributed by atoms with Gasteiger partial charge in [-0.15, -0.1) is 0 Å². The highest BCUT2D eigenvalue weighted by Gasteiger charge is 2.62. The molecule has 0 bridgehead atoms. The molecule has 0 radical (unpaired) electrons. The van der Waals surface area contributed by atoms with Crippen LogP contribution in [0.4, 0.5) is 13.2 Å². The van der Waals surface area contributed by atoms with Gasteiger partial charge in [0.15, 0.2) is 0 Å². The lowest BCUT2D eigenvalue weighted by atomic mass is 9.91. The molecule has 0 spiro atoms. The number of carbonyl (C=O) groups is 1. The minimum absolute atomic E-state index is 0.126. The molecular weight excluding hydrogens is 367 g/mol. The van der Waals surface area contributed by atoms with Crippen molar-refractivity contribution in [2.24, 2.45) is 0 Å². The monoisotopic (exact) mass is 385 g/mol. The molecular formula is C18H18F3NO3S. The summed E-state index contributed by atoms with van der Waals surface area (Å²) in [6.07, 6.45) is -5.78. The van der Waals surface area contributed by atoms with Crippen LogP contribution in [0.5, 0.6) is 0 Å². The van der Waals surface area contributed by atoms with Crippen LogP contribution >= 0.6 is 0 Å². The first-order chi connectivity index (χ1) is 12.2. The summed E-state index contributed by atoms with van der Waals surface area (Å²) >= 11 is 0. The van der Waals surface area contributed by atoms with Gasteiger partial charge in [-0.05, 0) is 24.6 Å². The van der Waals surface area contributed by atoms with Gasteiger partial charge in [-0.2, -0.15) is 13.2 Å². The third kappa shape index (κ3) is 4.31. The van der Waals surface area contributed by atoms with Crippen LogP contribution in [-0.2, 0) is 26.9 Å². The van der Waals surface area contributed by atoms with Gasteiger partial charge in [0.25, 0.3) is 0 Å². The SMILES string of the molecule is COC(=O)[C@](Cc1ccccc1)(N[S@@](=O)c1ccc(C)cc1)C(F)(F)F. The largest absolute Gasteiger partial charge is 0.467 e. The molecule has 0 aliphatic carbocycles. The third-order valence-electron chi connectivity index (χ3n) is 3.83. The Balaban J connectivity index is 2.46. The Bertz CT molecular complexity index is 779. The first kappa shape index (κ1) is 20.1. The molecule has 0 aliphatic rings. The van der Waals surface area contributed by atoms with E-state index in [1.165, 1.54) is 24.3 Å². The Morgan fingerprint density at radius 3 is 2.15 bits per heavy atom. The Hall–Kier alpha value is -2.19. The molecule has 2 atom stereocenters. The number of alkyl halides is 3. The summed E-state index contributed by atoms with van der Waals surface area (Å²) in [5, 5.41) is 0. The van der Waals surface area contributed by atoms with Gasteiger partial charge in [-0.3, -0.25) is 0 Å². The number of aryl methyl sites for hydroxylation is 1. The van der Waals surface area contributed by atoms with Gasteiger partial charge in [0, 0.05) is 6.42 Å². The maximum Gasteiger partial charge on any atom is 0.418 e. The van der Waals surface area contributed by atoms with Crippen molar-refractivity contribution in [1.29, 1.82) is 0 Å². The Kier molecular flexibility index (Phi) is 6.20. The average molecular weight is 385 g/mol. The maximum atomic E-state index is 13.9. The van der Waals surface area contributed by atoms with Gasteiger partial charge in [0.05, 0.1) is 12.0 Å². The fourth-order valence-corrected chi connectivity index (χ4v) is 3.47. The molecule has 0 unspecified atom stereocenters. The number of halogens is 3. The second-order valence-electron chi connectivity index (χ2n) is 5.74. The number of nitrogens with one attached hydrogen (secondary N) is 1. The number of esters is 1. The topological polar surface area (TPSA) is 55.4 Å². The smallest absolute Gasteiger partial charge is 0.418 e. The van der Waals surface area contributed by atoms with Crippen LogP contribution in [0.2, 0.25) is 0 Å². The van der Waals surface area contributed by atoms with Gasteiger partial charge in [-0.1, -0.05) is 48.0 Å². The van der Waals surface area contributed by atoms with Crippen molar-refractivity contribution in [1.82, 2.24) is 4.72 Å². The van der Waals surface area contributed by atoms with E-state index in [9.17, 15) is 22.2 Å². The lowest BCUT2D eigenvalue weighted by Gasteiger charge is -2.33. The van der Waals surface area contributed by atoms with Gasteiger partial charge in [0.1, 0.15) is 11.0 Å². The van der Waals surface area contributed by atoms with Crippen molar-refractivity contribution in [3.63, 3.8) is 0 Å². The molecule has 2 aromatic rings. The van der Waals surface area contributed by atoms with E-state index in [1.54, 1.807) is 37.3 Å². The van der Waals surface area contributed by atoms with Crippen LogP contribution in [0.3, 0.4) is 0 Å². The van der Waals surface area contributed by atoms with Crippen LogP contribution in [0, 0.1) is 6.92 Å². The molecule has 8 heteroatoms. The predicted molar refractivity (Wildman–Crippen MR) is 91.7 cm³/mol. The van der Waals surface area contributed by atoms with E-state index in [1.807, 2.05) is 4.72 Å². The minimum Gasteiger partial charge on any atom is -0.467 e. The Morgan fingerprint density at radius 1 is 1.08 bits per heavy atom. The summed E-state index contributed by atoms with van der Waals surface area (Å²) in [5.41, 5.74) is -2.02. The molecule has 1 N–H and O–H groups in total. The van der Waals surface area contributed by atoms with E-state index < -0.39 is 35.1 Å². The fourth-order valence-electron chi connectivity index (χ4n) is 2.38. The highest BCUT2D eigenvalue weighted by Crippen LogP contribution is 2.35. The van der Waals surface area contributed by atoms with Gasteiger partial charge in [-0.25, -0.2) is 13.7 Å². The standard InChI is InChI=1S/C18H18F3NO3S/c1-13-8-10-15(11-9-13)26(24)22-17(16(23)25-2,18(19,20)21)12-14-6-4-3-5-7-14/h3-11,22H,12H2,1-2H3/t17-,26-/m0/s1. The highest BCUT2D eigenvalue weighted by molar-refractivity contribution is 7.83. The normalized spacial score (nSPS) is 15.1. The number of benzene rings is 2. The second-order valence-corrected chi connectivity index (χ2v) is 6.95. The molecule has 0 aliphatic heterocycles. The number of carbonyl (C=O) groups excluding carboxylic acids is 1. The van der Waals surface area contributed by atoms with Crippen molar-refractivity contribution in [2.45, 2.75) is 30.0 Å². The molecule has 0 saturated carbocycles. The molecule has 0 amide bonds. The summed E-state index contributed by atoms with van der Waals surface area (Å²) in [5.74, 6) is -1.55. The van der Waals surface area contributed by atoms with Gasteiger partial charge < -0.3 is 4.74 Å². The number of methoxy groups -OCH3 is 1. The van der Waals surface area contributed by atoms with Crippen LogP contribution in [-0.4, -0.2) is 29.0 Å². The molecule has 2 rings (SSSR count). The molecule has 140 valence electrons. The molecule has 0 saturated heterocycles. The zero-order chi connectivity index (χ0) is 19.4. The van der Waals surface area contributed by atoms with Crippen LogP contribution in [0.15, 0.2) is 59.5 Å². The molecule has 0 heterocycles. The lowest BCUT2D eigenvalue weighted by molar-refractivity contribution is -0.207. The summed E-state index contributed by atoms with van der Waals surface area (Å²) in [6.45, 7) is 1.80. The summed E-state index contributed by atoms with van der Waals surface area (Å²) in [4.78, 5) is 12.3. The summed E-state index contributed by atoms with van der Waals surface area (Å²) in [6, 6.07) is 13.8. The minimum atomic E-state index is -5.03. The Morgan fingerprint density at radius 2 is 1.65 bits per heavy atom. The molecule has 0 fully saturated rings. The summed E-state index contributed by atoms with van der Waals surface area (Å²) < 4.78 is 60.7. The number of hydrogen-bond acceptors (Lipinski definition) is 3. The molecule has 26 heavy (non-hydrogen) atoms. The second kappa shape index (κ2) is 8.01. The quantitative estimate of drug-likeness (QED) is 0.776. The van der Waals surface area contributed by atoms with Crippen molar-refractivity contribution in [2.75, 3.05) is 7.11 Å². The number of rotatable bonds is 6.